The summed E-state index contributed by atoms with van der Waals surface area (Å²) in [7, 11) is 0. The van der Waals surface area contributed by atoms with Gasteiger partial charge in [-0.3, -0.25) is 14.3 Å². The first kappa shape index (κ1) is 20.9. The van der Waals surface area contributed by atoms with Crippen LogP contribution in [0.15, 0.2) is 41.5 Å². The molecule has 1 saturated heterocycles. The first-order chi connectivity index (χ1) is 15.2. The minimum atomic E-state index is 0.158. The monoisotopic (exact) mass is 436 g/mol. The lowest BCUT2D eigenvalue weighted by Crippen LogP contribution is -2.51. The molecule has 0 radical (unpaired) electrons. The lowest BCUT2D eigenvalue weighted by atomic mass is 9.91. The van der Waals surface area contributed by atoms with Crippen molar-refractivity contribution in [2.75, 3.05) is 32.7 Å². The van der Waals surface area contributed by atoms with Crippen LogP contribution in [-0.4, -0.2) is 58.1 Å². The predicted molar refractivity (Wildman–Crippen MR) is 128 cm³/mol. The fourth-order valence-corrected chi connectivity index (χ4v) is 6.45. The number of hydrogen-bond acceptors (Lipinski definition) is 5. The van der Waals surface area contributed by atoms with Crippen LogP contribution in [0.2, 0.25) is 0 Å². The first-order valence-electron chi connectivity index (χ1n) is 11.7. The summed E-state index contributed by atoms with van der Waals surface area (Å²) >= 11 is 1.75. The number of benzene rings is 1. The van der Waals surface area contributed by atoms with Gasteiger partial charge in [0.25, 0.3) is 5.56 Å². The summed E-state index contributed by atoms with van der Waals surface area (Å²) < 4.78 is 1.83. The van der Waals surface area contributed by atoms with E-state index in [0.29, 0.717) is 6.04 Å². The molecule has 0 unspecified atom stereocenters. The van der Waals surface area contributed by atoms with Gasteiger partial charge in [-0.2, -0.15) is 0 Å². The van der Waals surface area contributed by atoms with E-state index in [1.165, 1.54) is 42.2 Å². The number of likely N-dealkylation sites (N-methyl/N-ethyl adjacent to an activating group) is 1. The van der Waals surface area contributed by atoms with E-state index in [-0.39, 0.29) is 5.56 Å². The Kier molecular flexibility index (Phi) is 6.21. The number of rotatable bonds is 6. The van der Waals surface area contributed by atoms with Crippen LogP contribution in [0.4, 0.5) is 0 Å². The highest BCUT2D eigenvalue weighted by Crippen LogP contribution is 2.35. The maximum atomic E-state index is 13.3. The first-order valence-corrected chi connectivity index (χ1v) is 12.5. The van der Waals surface area contributed by atoms with E-state index in [4.69, 9.17) is 4.98 Å². The summed E-state index contributed by atoms with van der Waals surface area (Å²) in [6.45, 7) is 8.84. The molecule has 0 saturated carbocycles. The number of nitrogens with zero attached hydrogens (tertiary/aromatic N) is 4. The van der Waals surface area contributed by atoms with Crippen molar-refractivity contribution in [1.82, 2.24) is 19.4 Å². The van der Waals surface area contributed by atoms with Gasteiger partial charge in [0.1, 0.15) is 4.83 Å². The fraction of sp³-hybridized carbons (Fsp3) is 0.520. The molecule has 1 atom stereocenters. The number of aromatic nitrogens is 2. The second kappa shape index (κ2) is 9.23. The summed E-state index contributed by atoms with van der Waals surface area (Å²) in [6, 6.07) is 11.1. The molecule has 164 valence electrons. The zero-order chi connectivity index (χ0) is 21.2. The summed E-state index contributed by atoms with van der Waals surface area (Å²) in [4.78, 5) is 25.5. The molecule has 0 spiro atoms. The number of thiophene rings is 1. The van der Waals surface area contributed by atoms with Crippen molar-refractivity contribution in [2.45, 2.75) is 51.6 Å². The molecule has 5 nitrogen and oxygen atoms in total. The molecule has 1 aliphatic carbocycles. The van der Waals surface area contributed by atoms with Crippen LogP contribution in [0.3, 0.4) is 0 Å². The van der Waals surface area contributed by atoms with Crippen molar-refractivity contribution in [1.29, 1.82) is 0 Å². The molecule has 1 aliphatic heterocycles. The minimum absolute atomic E-state index is 0.158. The van der Waals surface area contributed by atoms with Crippen molar-refractivity contribution in [3.05, 3.63) is 63.0 Å². The Labute approximate surface area is 188 Å². The molecular formula is C25H32N4OS. The Bertz CT molecular complexity index is 1080. The topological polar surface area (TPSA) is 41.4 Å². The van der Waals surface area contributed by atoms with Crippen molar-refractivity contribution >= 4 is 21.6 Å². The molecule has 2 aliphatic rings. The SMILES string of the molecule is CCN1CCN([C@H]2CCc3c(sc4ncn(CCCc5ccccc5)c(=O)c34)C2)CC1. The molecule has 6 heteroatoms. The van der Waals surface area contributed by atoms with Crippen LogP contribution in [0.25, 0.3) is 10.2 Å². The number of piperazine rings is 1. The molecule has 3 aromatic rings. The van der Waals surface area contributed by atoms with Crippen molar-refractivity contribution in [3.63, 3.8) is 0 Å². The minimum Gasteiger partial charge on any atom is -0.301 e. The quantitative estimate of drug-likeness (QED) is 0.592. The van der Waals surface area contributed by atoms with Gasteiger partial charge >= 0.3 is 0 Å². The van der Waals surface area contributed by atoms with Gasteiger partial charge < -0.3 is 4.90 Å². The fourth-order valence-electron chi connectivity index (χ4n) is 5.20. The Morgan fingerprint density at radius 1 is 1.13 bits per heavy atom. The smallest absolute Gasteiger partial charge is 0.262 e. The third kappa shape index (κ3) is 4.34. The van der Waals surface area contributed by atoms with Crippen molar-refractivity contribution in [2.24, 2.45) is 0 Å². The van der Waals surface area contributed by atoms with Crippen molar-refractivity contribution < 1.29 is 0 Å². The van der Waals surface area contributed by atoms with Crippen LogP contribution in [0.5, 0.6) is 0 Å². The predicted octanol–water partition coefficient (Wildman–Crippen LogP) is 3.59. The molecule has 3 heterocycles. The van der Waals surface area contributed by atoms with Crippen LogP contribution < -0.4 is 5.56 Å². The summed E-state index contributed by atoms with van der Waals surface area (Å²) in [6.07, 6.45) is 6.95. The van der Waals surface area contributed by atoms with Crippen LogP contribution in [0, 0.1) is 0 Å². The maximum absolute atomic E-state index is 13.3. The zero-order valence-electron chi connectivity index (χ0n) is 18.4. The second-order valence-electron chi connectivity index (χ2n) is 8.88. The van der Waals surface area contributed by atoms with Gasteiger partial charge in [-0.05, 0) is 49.8 Å². The van der Waals surface area contributed by atoms with Crippen LogP contribution in [0.1, 0.15) is 35.8 Å². The van der Waals surface area contributed by atoms with Crippen LogP contribution >= 0.6 is 11.3 Å². The zero-order valence-corrected chi connectivity index (χ0v) is 19.2. The van der Waals surface area contributed by atoms with E-state index >= 15 is 0 Å². The van der Waals surface area contributed by atoms with Gasteiger partial charge in [0.05, 0.1) is 11.7 Å². The van der Waals surface area contributed by atoms with Crippen LogP contribution in [-0.2, 0) is 25.8 Å². The van der Waals surface area contributed by atoms with E-state index in [2.05, 4.69) is 41.0 Å². The maximum Gasteiger partial charge on any atom is 0.262 e. The van der Waals surface area contributed by atoms with Gasteiger partial charge in [0.2, 0.25) is 0 Å². The van der Waals surface area contributed by atoms with E-state index in [0.717, 1.165) is 55.4 Å². The van der Waals surface area contributed by atoms with E-state index in [9.17, 15) is 4.79 Å². The van der Waals surface area contributed by atoms with Crippen molar-refractivity contribution in [3.8, 4) is 0 Å². The summed E-state index contributed by atoms with van der Waals surface area (Å²) in [5, 5.41) is 0.900. The van der Waals surface area contributed by atoms with Gasteiger partial charge in [-0.15, -0.1) is 11.3 Å². The highest BCUT2D eigenvalue weighted by Gasteiger charge is 2.30. The summed E-state index contributed by atoms with van der Waals surface area (Å²) in [5.74, 6) is 0. The molecule has 0 bridgehead atoms. The normalized spacial score (nSPS) is 20.2. The Morgan fingerprint density at radius 3 is 2.71 bits per heavy atom. The lowest BCUT2D eigenvalue weighted by Gasteiger charge is -2.40. The molecule has 2 aromatic heterocycles. The number of fused-ring (bicyclic) bond motifs is 3. The molecule has 5 rings (SSSR count). The lowest BCUT2D eigenvalue weighted by molar-refractivity contribution is 0.0932. The Hall–Kier alpha value is -2.02. The van der Waals surface area contributed by atoms with Gasteiger partial charge in [0.15, 0.2) is 0 Å². The molecule has 31 heavy (non-hydrogen) atoms. The molecular weight excluding hydrogens is 404 g/mol. The Morgan fingerprint density at radius 2 is 1.94 bits per heavy atom. The highest BCUT2D eigenvalue weighted by atomic mass is 32.1. The number of aryl methyl sites for hydroxylation is 3. The average molecular weight is 437 g/mol. The highest BCUT2D eigenvalue weighted by molar-refractivity contribution is 7.18. The molecule has 0 amide bonds. The standard InChI is InChI=1S/C25H32N4OS/c1-2-27-13-15-28(16-14-27)20-10-11-21-22(17-20)31-24-23(21)25(30)29(18-26-24)12-6-9-19-7-4-3-5-8-19/h3-5,7-8,18,20H,2,6,9-17H2,1H3/t20-/m0/s1. The van der Waals surface area contributed by atoms with E-state index in [1.807, 2.05) is 10.6 Å². The third-order valence-electron chi connectivity index (χ3n) is 7.09. The number of hydrogen-bond donors (Lipinski definition) is 0. The van der Waals surface area contributed by atoms with Gasteiger partial charge in [-0.25, -0.2) is 4.98 Å². The van der Waals surface area contributed by atoms with E-state index in [1.54, 1.807) is 17.7 Å². The van der Waals surface area contributed by atoms with Gasteiger partial charge in [-0.1, -0.05) is 37.3 Å². The summed E-state index contributed by atoms with van der Waals surface area (Å²) in [5.41, 5.74) is 2.77. The van der Waals surface area contributed by atoms with E-state index < -0.39 is 0 Å². The average Bonchev–Trinajstić information content (AvgIpc) is 3.20. The Balaban J connectivity index is 1.30. The molecule has 1 aromatic carbocycles. The molecule has 0 N–H and O–H groups in total. The third-order valence-corrected chi connectivity index (χ3v) is 8.25. The largest absolute Gasteiger partial charge is 0.301 e. The second-order valence-corrected chi connectivity index (χ2v) is 9.97. The molecule has 1 fully saturated rings. The van der Waals surface area contributed by atoms with Gasteiger partial charge in [0, 0.05) is 43.6 Å².